The summed E-state index contributed by atoms with van der Waals surface area (Å²) in [5.74, 6) is 0. The van der Waals surface area contributed by atoms with Crippen molar-refractivity contribution in [2.75, 3.05) is 14.1 Å². The molecule has 1 rings (SSSR count). The fourth-order valence-corrected chi connectivity index (χ4v) is 1.00. The first-order chi connectivity index (χ1) is 5.20. The third kappa shape index (κ3) is 1.82. The van der Waals surface area contributed by atoms with Crippen molar-refractivity contribution in [3.8, 4) is 0 Å². The minimum absolute atomic E-state index is 0.607. The van der Waals surface area contributed by atoms with Crippen LogP contribution in [-0.2, 0) is 0 Å². The highest BCUT2D eigenvalue weighted by atomic mass is 16.3. The molecule has 11 heavy (non-hydrogen) atoms. The Morgan fingerprint density at radius 1 is 1.55 bits per heavy atom. The SMILES string of the molecule is CNC1=CCC(O)(NC)C=C1. The monoisotopic (exact) mass is 154 g/mol. The van der Waals surface area contributed by atoms with Gasteiger partial charge in [0.15, 0.2) is 0 Å². The first-order valence-electron chi connectivity index (χ1n) is 3.68. The van der Waals surface area contributed by atoms with Crippen LogP contribution in [0.15, 0.2) is 23.9 Å². The maximum Gasteiger partial charge on any atom is 0.138 e. The molecule has 1 aliphatic carbocycles. The quantitative estimate of drug-likeness (QED) is 0.489. The van der Waals surface area contributed by atoms with E-state index in [0.29, 0.717) is 6.42 Å². The molecule has 0 aromatic heterocycles. The topological polar surface area (TPSA) is 44.3 Å². The number of hydrogen-bond acceptors (Lipinski definition) is 3. The van der Waals surface area contributed by atoms with Crippen LogP contribution < -0.4 is 10.6 Å². The van der Waals surface area contributed by atoms with Crippen LogP contribution in [0.1, 0.15) is 6.42 Å². The third-order valence-corrected chi connectivity index (χ3v) is 1.89. The highest BCUT2D eigenvalue weighted by molar-refractivity contribution is 5.25. The minimum Gasteiger partial charge on any atom is -0.388 e. The van der Waals surface area contributed by atoms with Gasteiger partial charge in [-0.1, -0.05) is 6.08 Å². The van der Waals surface area contributed by atoms with E-state index < -0.39 is 5.72 Å². The minimum atomic E-state index is -0.847. The largest absolute Gasteiger partial charge is 0.388 e. The van der Waals surface area contributed by atoms with Gasteiger partial charge in [-0.2, -0.15) is 0 Å². The van der Waals surface area contributed by atoms with E-state index in [0.717, 1.165) is 5.70 Å². The molecule has 0 aromatic carbocycles. The first kappa shape index (κ1) is 8.30. The normalized spacial score (nSPS) is 29.9. The Morgan fingerprint density at radius 3 is 2.64 bits per heavy atom. The average molecular weight is 154 g/mol. The second kappa shape index (κ2) is 3.07. The van der Waals surface area contributed by atoms with Crippen LogP contribution in [0, 0.1) is 0 Å². The number of likely N-dealkylation sites (N-methyl/N-ethyl adjacent to an activating group) is 2. The van der Waals surface area contributed by atoms with E-state index in [1.54, 1.807) is 13.1 Å². The highest BCUT2D eigenvalue weighted by Crippen LogP contribution is 2.15. The number of hydrogen-bond donors (Lipinski definition) is 3. The van der Waals surface area contributed by atoms with Gasteiger partial charge in [0, 0.05) is 19.2 Å². The van der Waals surface area contributed by atoms with Crippen LogP contribution in [0.5, 0.6) is 0 Å². The second-order valence-corrected chi connectivity index (χ2v) is 2.62. The predicted molar refractivity (Wildman–Crippen MR) is 44.9 cm³/mol. The zero-order valence-electron chi connectivity index (χ0n) is 6.89. The van der Waals surface area contributed by atoms with E-state index in [9.17, 15) is 5.11 Å². The molecule has 3 N–H and O–H groups in total. The van der Waals surface area contributed by atoms with Crippen molar-refractivity contribution in [3.05, 3.63) is 23.9 Å². The molecule has 0 saturated heterocycles. The predicted octanol–water partition coefficient (Wildman–Crippen LogP) is -0.0424. The van der Waals surface area contributed by atoms with Gasteiger partial charge in [-0.3, -0.25) is 5.32 Å². The Balaban J connectivity index is 2.63. The molecule has 0 aliphatic heterocycles. The van der Waals surface area contributed by atoms with Gasteiger partial charge in [0.2, 0.25) is 0 Å². The molecule has 0 bridgehead atoms. The van der Waals surface area contributed by atoms with Crippen molar-refractivity contribution in [1.82, 2.24) is 10.6 Å². The smallest absolute Gasteiger partial charge is 0.138 e. The van der Waals surface area contributed by atoms with Crippen LogP contribution in [0.25, 0.3) is 0 Å². The summed E-state index contributed by atoms with van der Waals surface area (Å²) in [6, 6.07) is 0. The molecular formula is C8H14N2O. The summed E-state index contributed by atoms with van der Waals surface area (Å²) in [5, 5.41) is 15.4. The number of aliphatic hydroxyl groups is 1. The molecule has 0 radical (unpaired) electrons. The fraction of sp³-hybridized carbons (Fsp3) is 0.500. The zero-order chi connectivity index (χ0) is 8.32. The summed E-state index contributed by atoms with van der Waals surface area (Å²) in [6.07, 6.45) is 6.17. The van der Waals surface area contributed by atoms with Crippen LogP contribution in [-0.4, -0.2) is 24.9 Å². The van der Waals surface area contributed by atoms with Gasteiger partial charge in [-0.05, 0) is 19.2 Å². The van der Waals surface area contributed by atoms with Gasteiger partial charge in [0.1, 0.15) is 5.72 Å². The molecule has 0 amide bonds. The lowest BCUT2D eigenvalue weighted by atomic mass is 10.0. The van der Waals surface area contributed by atoms with Crippen molar-refractivity contribution < 1.29 is 5.11 Å². The molecule has 62 valence electrons. The summed E-state index contributed by atoms with van der Waals surface area (Å²) < 4.78 is 0. The lowest BCUT2D eigenvalue weighted by Crippen LogP contribution is -2.41. The van der Waals surface area contributed by atoms with E-state index in [1.807, 2.05) is 19.2 Å². The van der Waals surface area contributed by atoms with Crippen LogP contribution in [0.3, 0.4) is 0 Å². The van der Waals surface area contributed by atoms with Gasteiger partial charge in [-0.15, -0.1) is 0 Å². The molecule has 3 nitrogen and oxygen atoms in total. The molecule has 1 unspecified atom stereocenters. The Kier molecular flexibility index (Phi) is 2.31. The molecule has 0 aromatic rings. The van der Waals surface area contributed by atoms with E-state index in [1.165, 1.54) is 0 Å². The Bertz CT molecular complexity index is 198. The van der Waals surface area contributed by atoms with E-state index in [2.05, 4.69) is 10.6 Å². The Morgan fingerprint density at radius 2 is 2.27 bits per heavy atom. The molecular weight excluding hydrogens is 140 g/mol. The van der Waals surface area contributed by atoms with E-state index in [4.69, 9.17) is 0 Å². The highest BCUT2D eigenvalue weighted by Gasteiger charge is 2.21. The molecule has 0 heterocycles. The zero-order valence-corrected chi connectivity index (χ0v) is 6.89. The van der Waals surface area contributed by atoms with Crippen LogP contribution >= 0.6 is 0 Å². The van der Waals surface area contributed by atoms with Crippen molar-refractivity contribution in [1.29, 1.82) is 0 Å². The van der Waals surface area contributed by atoms with Crippen molar-refractivity contribution >= 4 is 0 Å². The second-order valence-electron chi connectivity index (χ2n) is 2.62. The standard InChI is InChI=1S/C8H14N2O/c1-9-7-3-5-8(11,10-2)6-4-7/h3-5,9-11H,6H2,1-2H3. The summed E-state index contributed by atoms with van der Waals surface area (Å²) in [7, 11) is 3.60. The lowest BCUT2D eigenvalue weighted by molar-refractivity contribution is 0.0642. The number of allylic oxidation sites excluding steroid dienone is 1. The van der Waals surface area contributed by atoms with Gasteiger partial charge < -0.3 is 10.4 Å². The lowest BCUT2D eigenvalue weighted by Gasteiger charge is -2.25. The van der Waals surface area contributed by atoms with Gasteiger partial charge >= 0.3 is 0 Å². The summed E-state index contributed by atoms with van der Waals surface area (Å²) in [6.45, 7) is 0. The molecule has 1 aliphatic rings. The van der Waals surface area contributed by atoms with Gasteiger partial charge in [0.25, 0.3) is 0 Å². The summed E-state index contributed by atoms with van der Waals surface area (Å²) in [5.41, 5.74) is 0.199. The Hall–Kier alpha value is -0.800. The molecule has 3 heteroatoms. The maximum atomic E-state index is 9.62. The summed E-state index contributed by atoms with van der Waals surface area (Å²) >= 11 is 0. The number of nitrogens with one attached hydrogen (secondary N) is 2. The van der Waals surface area contributed by atoms with Crippen LogP contribution in [0.4, 0.5) is 0 Å². The molecule has 0 saturated carbocycles. The van der Waals surface area contributed by atoms with Crippen molar-refractivity contribution in [2.45, 2.75) is 12.1 Å². The molecule has 1 atom stereocenters. The van der Waals surface area contributed by atoms with Gasteiger partial charge in [-0.25, -0.2) is 0 Å². The van der Waals surface area contributed by atoms with Crippen LogP contribution in [0.2, 0.25) is 0 Å². The molecule has 0 spiro atoms. The number of rotatable bonds is 2. The molecule has 0 fully saturated rings. The van der Waals surface area contributed by atoms with Gasteiger partial charge in [0.05, 0.1) is 0 Å². The van der Waals surface area contributed by atoms with Crippen molar-refractivity contribution in [2.24, 2.45) is 0 Å². The van der Waals surface area contributed by atoms with E-state index >= 15 is 0 Å². The maximum absolute atomic E-state index is 9.62. The van der Waals surface area contributed by atoms with E-state index in [-0.39, 0.29) is 0 Å². The average Bonchev–Trinajstić information content (AvgIpc) is 2.06. The third-order valence-electron chi connectivity index (χ3n) is 1.89. The summed E-state index contributed by atoms with van der Waals surface area (Å²) in [4.78, 5) is 0. The first-order valence-corrected chi connectivity index (χ1v) is 3.68. The van der Waals surface area contributed by atoms with Crippen molar-refractivity contribution in [3.63, 3.8) is 0 Å². The fourth-order valence-electron chi connectivity index (χ4n) is 1.00. The Labute approximate surface area is 66.8 Å².